The van der Waals surface area contributed by atoms with Crippen LogP contribution in [-0.4, -0.2) is 48.1 Å². The number of rotatable bonds is 8. The lowest BCUT2D eigenvalue weighted by molar-refractivity contribution is -0.383. The van der Waals surface area contributed by atoms with Crippen LogP contribution in [0.5, 0.6) is 5.75 Å². The molecule has 35 heavy (non-hydrogen) atoms. The van der Waals surface area contributed by atoms with E-state index in [1.54, 1.807) is 45.0 Å². The lowest BCUT2D eigenvalue weighted by Crippen LogP contribution is -2.30. The minimum Gasteiger partial charge on any atom is -0.497 e. The highest BCUT2D eigenvalue weighted by atomic mass is 35.5. The number of nitro groups is 1. The average molecular weight is 525 g/mol. The number of carbonyl (C=O) groups excluding carboxylic acids is 1. The fraction of sp³-hybridized carbons (Fsp3) is 0.364. The fourth-order valence-corrected chi connectivity index (χ4v) is 4.48. The normalized spacial score (nSPS) is 11.9. The maximum Gasteiger partial charge on any atom is 0.328 e. The standard InChI is InChI=1S/C22H25ClN4O7S/c1-22(2,3)34-18(28)13-25-20-17(27(29)30)11-10-16(23)19(20)21(24-25)26(35(5,31)32)12-14-6-8-15(33-4)9-7-14/h6-11H,12-13H2,1-5H3. The molecule has 0 aliphatic carbocycles. The summed E-state index contributed by atoms with van der Waals surface area (Å²) in [5.74, 6) is -0.259. The Balaban J connectivity index is 2.22. The van der Waals surface area contributed by atoms with Crippen LogP contribution in [0, 0.1) is 10.1 Å². The number of non-ortho nitro benzene ring substituents is 1. The smallest absolute Gasteiger partial charge is 0.328 e. The third-order valence-corrected chi connectivity index (χ3v) is 6.24. The fourth-order valence-electron chi connectivity index (χ4n) is 3.42. The van der Waals surface area contributed by atoms with Gasteiger partial charge in [0.05, 0.1) is 35.2 Å². The molecule has 188 valence electrons. The molecular formula is C22H25ClN4O7S. The van der Waals surface area contributed by atoms with Crippen LogP contribution in [0.15, 0.2) is 36.4 Å². The molecule has 0 bridgehead atoms. The molecule has 0 amide bonds. The summed E-state index contributed by atoms with van der Waals surface area (Å²) >= 11 is 6.40. The van der Waals surface area contributed by atoms with Crippen LogP contribution in [0.2, 0.25) is 5.02 Å². The predicted octanol–water partition coefficient (Wildman–Crippen LogP) is 3.91. The maximum atomic E-state index is 12.8. The van der Waals surface area contributed by atoms with Gasteiger partial charge < -0.3 is 9.47 Å². The number of aromatic nitrogens is 2. The molecule has 3 aromatic rings. The van der Waals surface area contributed by atoms with Crippen LogP contribution >= 0.6 is 11.6 Å². The van der Waals surface area contributed by atoms with Crippen LogP contribution < -0.4 is 9.04 Å². The van der Waals surface area contributed by atoms with E-state index in [4.69, 9.17) is 21.1 Å². The van der Waals surface area contributed by atoms with Crippen molar-refractivity contribution in [3.05, 3.63) is 57.1 Å². The number of sulfonamides is 1. The summed E-state index contributed by atoms with van der Waals surface area (Å²) in [6.07, 6.45) is 0.987. The molecule has 2 aromatic carbocycles. The van der Waals surface area contributed by atoms with Crippen LogP contribution in [0.25, 0.3) is 10.9 Å². The minimum absolute atomic E-state index is 0.0309. The van der Waals surface area contributed by atoms with Gasteiger partial charge in [0.1, 0.15) is 17.9 Å². The van der Waals surface area contributed by atoms with Crippen LogP contribution in [0.1, 0.15) is 26.3 Å². The second-order valence-electron chi connectivity index (χ2n) is 8.73. The van der Waals surface area contributed by atoms with Gasteiger partial charge in [-0.2, -0.15) is 5.10 Å². The summed E-state index contributed by atoms with van der Waals surface area (Å²) < 4.78 is 38.2. The van der Waals surface area contributed by atoms with Crippen LogP contribution in [0.3, 0.4) is 0 Å². The van der Waals surface area contributed by atoms with Gasteiger partial charge in [-0.05, 0) is 44.5 Å². The molecule has 0 saturated carbocycles. The number of esters is 1. The second kappa shape index (κ2) is 9.70. The van der Waals surface area contributed by atoms with Crippen molar-refractivity contribution in [1.29, 1.82) is 0 Å². The Labute approximate surface area is 207 Å². The number of hydrogen-bond donors (Lipinski definition) is 0. The number of nitro benzene ring substituents is 1. The van der Waals surface area contributed by atoms with E-state index in [0.29, 0.717) is 11.3 Å². The highest BCUT2D eigenvalue weighted by Crippen LogP contribution is 2.39. The zero-order valence-electron chi connectivity index (χ0n) is 19.8. The highest BCUT2D eigenvalue weighted by Gasteiger charge is 2.31. The molecule has 0 saturated heterocycles. The molecule has 0 N–H and O–H groups in total. The molecule has 1 heterocycles. The molecule has 1 aromatic heterocycles. The first kappa shape index (κ1) is 26.2. The number of ether oxygens (including phenoxy) is 2. The molecule has 13 heteroatoms. The summed E-state index contributed by atoms with van der Waals surface area (Å²) in [5, 5.41) is 16.2. The zero-order chi connectivity index (χ0) is 26.1. The third-order valence-electron chi connectivity index (χ3n) is 4.82. The SMILES string of the molecule is COc1ccc(CN(c2nn(CC(=O)OC(C)(C)C)c3c([N+](=O)[O-])ccc(Cl)c23)S(C)(=O)=O)cc1. The number of methoxy groups -OCH3 is 1. The quantitative estimate of drug-likeness (QED) is 0.246. The lowest BCUT2D eigenvalue weighted by atomic mass is 10.2. The highest BCUT2D eigenvalue weighted by molar-refractivity contribution is 7.92. The molecule has 0 unspecified atom stereocenters. The topological polar surface area (TPSA) is 134 Å². The summed E-state index contributed by atoms with van der Waals surface area (Å²) in [6.45, 7) is 4.40. The van der Waals surface area contributed by atoms with Gasteiger partial charge in [-0.15, -0.1) is 0 Å². The molecule has 11 nitrogen and oxygen atoms in total. The van der Waals surface area contributed by atoms with E-state index in [-0.39, 0.29) is 34.0 Å². The van der Waals surface area contributed by atoms with Crippen molar-refractivity contribution in [3.63, 3.8) is 0 Å². The van der Waals surface area contributed by atoms with Crippen LogP contribution in [-0.2, 0) is 32.6 Å². The Morgan fingerprint density at radius 3 is 2.34 bits per heavy atom. The molecule has 0 atom stereocenters. The lowest BCUT2D eigenvalue weighted by Gasteiger charge is -2.21. The Morgan fingerprint density at radius 2 is 1.83 bits per heavy atom. The van der Waals surface area contributed by atoms with E-state index in [1.807, 2.05) is 0 Å². The van der Waals surface area contributed by atoms with E-state index in [0.717, 1.165) is 15.2 Å². The molecular weight excluding hydrogens is 500 g/mol. The van der Waals surface area contributed by atoms with E-state index < -0.39 is 33.1 Å². The Hall–Kier alpha value is -3.38. The summed E-state index contributed by atoms with van der Waals surface area (Å²) in [4.78, 5) is 23.7. The number of carbonyl (C=O) groups is 1. The summed E-state index contributed by atoms with van der Waals surface area (Å²) in [6, 6.07) is 9.18. The molecule has 3 rings (SSSR count). The van der Waals surface area contributed by atoms with Gasteiger partial charge in [0.15, 0.2) is 11.3 Å². The van der Waals surface area contributed by atoms with Crippen LogP contribution in [0.4, 0.5) is 11.5 Å². The summed E-state index contributed by atoms with van der Waals surface area (Å²) in [5.41, 5.74) is -0.677. The van der Waals surface area contributed by atoms with Gasteiger partial charge in [0, 0.05) is 6.07 Å². The van der Waals surface area contributed by atoms with Crippen molar-refractivity contribution >= 4 is 50.0 Å². The average Bonchev–Trinajstić information content (AvgIpc) is 3.09. The van der Waals surface area contributed by atoms with Gasteiger partial charge in [-0.3, -0.25) is 14.9 Å². The van der Waals surface area contributed by atoms with E-state index in [1.165, 1.54) is 19.2 Å². The number of benzene rings is 2. The molecule has 0 aliphatic heterocycles. The molecule has 0 aliphatic rings. The number of anilines is 1. The van der Waals surface area contributed by atoms with Crippen molar-refractivity contribution in [3.8, 4) is 5.75 Å². The Kier molecular flexibility index (Phi) is 7.27. The minimum atomic E-state index is -3.94. The molecule has 0 spiro atoms. The van der Waals surface area contributed by atoms with Crippen molar-refractivity contribution < 1.29 is 27.6 Å². The van der Waals surface area contributed by atoms with Crippen molar-refractivity contribution in [2.75, 3.05) is 17.7 Å². The Morgan fingerprint density at radius 1 is 1.20 bits per heavy atom. The van der Waals surface area contributed by atoms with Crippen molar-refractivity contribution in [2.24, 2.45) is 0 Å². The van der Waals surface area contributed by atoms with Gasteiger partial charge >= 0.3 is 5.97 Å². The molecule has 0 radical (unpaired) electrons. The first-order valence-corrected chi connectivity index (χ1v) is 12.6. The first-order valence-electron chi connectivity index (χ1n) is 10.4. The van der Waals surface area contributed by atoms with Crippen molar-refractivity contribution in [1.82, 2.24) is 9.78 Å². The number of fused-ring (bicyclic) bond motifs is 1. The molecule has 0 fully saturated rings. The zero-order valence-corrected chi connectivity index (χ0v) is 21.4. The largest absolute Gasteiger partial charge is 0.497 e. The van der Waals surface area contributed by atoms with Crippen molar-refractivity contribution in [2.45, 2.75) is 39.5 Å². The van der Waals surface area contributed by atoms with Gasteiger partial charge in [-0.25, -0.2) is 17.4 Å². The number of halogens is 1. The van der Waals surface area contributed by atoms with E-state index in [2.05, 4.69) is 5.10 Å². The van der Waals surface area contributed by atoms with E-state index in [9.17, 15) is 23.3 Å². The predicted molar refractivity (Wildman–Crippen MR) is 131 cm³/mol. The van der Waals surface area contributed by atoms with Gasteiger partial charge in [0.25, 0.3) is 5.69 Å². The second-order valence-corrected chi connectivity index (χ2v) is 11.0. The van der Waals surface area contributed by atoms with Gasteiger partial charge in [-0.1, -0.05) is 23.7 Å². The number of nitrogens with zero attached hydrogens (tertiary/aromatic N) is 4. The van der Waals surface area contributed by atoms with Gasteiger partial charge in [0.2, 0.25) is 10.0 Å². The first-order chi connectivity index (χ1) is 16.2. The number of hydrogen-bond acceptors (Lipinski definition) is 8. The third kappa shape index (κ3) is 6.01. The van der Waals surface area contributed by atoms with E-state index >= 15 is 0 Å². The monoisotopic (exact) mass is 524 g/mol. The summed E-state index contributed by atoms with van der Waals surface area (Å²) in [7, 11) is -2.43. The maximum absolute atomic E-state index is 12.8. The Bertz CT molecular complexity index is 1380.